The van der Waals surface area contributed by atoms with Crippen LogP contribution in [0.2, 0.25) is 0 Å². The van der Waals surface area contributed by atoms with Crippen LogP contribution in [0.1, 0.15) is 31.7 Å². The zero-order chi connectivity index (χ0) is 13.5. The quantitative estimate of drug-likeness (QED) is 0.724. The molecule has 2 N–H and O–H groups in total. The van der Waals surface area contributed by atoms with Crippen LogP contribution in [0.3, 0.4) is 0 Å². The third kappa shape index (κ3) is 4.14. The molecule has 0 saturated carbocycles. The SMILES string of the molecule is CCCNCc1cnc(N2CCC(CCO)C2)nc1. The fourth-order valence-corrected chi connectivity index (χ4v) is 2.44. The van der Waals surface area contributed by atoms with Crippen LogP contribution >= 0.6 is 0 Å². The van der Waals surface area contributed by atoms with E-state index in [1.165, 1.54) is 0 Å². The molecular formula is C14H24N4O. The maximum Gasteiger partial charge on any atom is 0.225 e. The highest BCUT2D eigenvalue weighted by Gasteiger charge is 2.23. The fourth-order valence-electron chi connectivity index (χ4n) is 2.44. The van der Waals surface area contributed by atoms with Crippen LogP contribution in [-0.4, -0.2) is 41.3 Å². The maximum atomic E-state index is 8.97. The Morgan fingerprint density at radius 1 is 1.42 bits per heavy atom. The van der Waals surface area contributed by atoms with Crippen molar-refractivity contribution in [3.05, 3.63) is 18.0 Å². The molecule has 1 unspecified atom stereocenters. The van der Waals surface area contributed by atoms with Crippen molar-refractivity contribution in [3.63, 3.8) is 0 Å². The average molecular weight is 264 g/mol. The zero-order valence-electron chi connectivity index (χ0n) is 11.7. The highest BCUT2D eigenvalue weighted by molar-refractivity contribution is 5.31. The number of rotatable bonds is 7. The van der Waals surface area contributed by atoms with E-state index in [2.05, 4.69) is 27.1 Å². The van der Waals surface area contributed by atoms with E-state index in [0.29, 0.717) is 5.92 Å². The molecule has 19 heavy (non-hydrogen) atoms. The van der Waals surface area contributed by atoms with Crippen molar-refractivity contribution in [1.82, 2.24) is 15.3 Å². The van der Waals surface area contributed by atoms with E-state index >= 15 is 0 Å². The highest BCUT2D eigenvalue weighted by atomic mass is 16.3. The minimum Gasteiger partial charge on any atom is -0.396 e. The van der Waals surface area contributed by atoms with Crippen LogP contribution in [0.25, 0.3) is 0 Å². The summed E-state index contributed by atoms with van der Waals surface area (Å²) in [6.45, 7) is 6.26. The smallest absolute Gasteiger partial charge is 0.225 e. The lowest BCUT2D eigenvalue weighted by Crippen LogP contribution is -2.22. The number of nitrogens with one attached hydrogen (secondary N) is 1. The van der Waals surface area contributed by atoms with E-state index in [-0.39, 0.29) is 6.61 Å². The van der Waals surface area contributed by atoms with Crippen molar-refractivity contribution >= 4 is 5.95 Å². The molecule has 0 bridgehead atoms. The van der Waals surface area contributed by atoms with Crippen LogP contribution in [-0.2, 0) is 6.54 Å². The third-order valence-corrected chi connectivity index (χ3v) is 3.55. The molecule has 2 heterocycles. The molecule has 0 aliphatic carbocycles. The molecule has 1 aliphatic rings. The number of nitrogens with zero attached hydrogens (tertiary/aromatic N) is 3. The Bertz CT molecular complexity index is 368. The highest BCUT2D eigenvalue weighted by Crippen LogP contribution is 2.22. The Morgan fingerprint density at radius 3 is 2.89 bits per heavy atom. The molecule has 1 atom stereocenters. The minimum absolute atomic E-state index is 0.279. The summed E-state index contributed by atoms with van der Waals surface area (Å²) in [6.07, 6.45) is 6.97. The van der Waals surface area contributed by atoms with Gasteiger partial charge in [0.2, 0.25) is 5.95 Å². The summed E-state index contributed by atoms with van der Waals surface area (Å²) in [4.78, 5) is 11.1. The van der Waals surface area contributed by atoms with Gasteiger partial charge in [-0.2, -0.15) is 0 Å². The Hall–Kier alpha value is -1.20. The van der Waals surface area contributed by atoms with Crippen LogP contribution < -0.4 is 10.2 Å². The van der Waals surface area contributed by atoms with Gasteiger partial charge >= 0.3 is 0 Å². The predicted molar refractivity (Wildman–Crippen MR) is 76.1 cm³/mol. The van der Waals surface area contributed by atoms with Gasteiger partial charge < -0.3 is 15.3 Å². The predicted octanol–water partition coefficient (Wildman–Crippen LogP) is 1.18. The molecule has 5 nitrogen and oxygen atoms in total. The lowest BCUT2D eigenvalue weighted by Gasteiger charge is -2.16. The van der Waals surface area contributed by atoms with Gasteiger partial charge in [0.1, 0.15) is 0 Å². The second kappa shape index (κ2) is 7.40. The molecule has 0 amide bonds. The van der Waals surface area contributed by atoms with E-state index in [9.17, 15) is 0 Å². The summed E-state index contributed by atoms with van der Waals surface area (Å²) in [5.41, 5.74) is 1.13. The van der Waals surface area contributed by atoms with Gasteiger partial charge in [-0.1, -0.05) is 6.92 Å². The molecule has 1 aromatic rings. The van der Waals surface area contributed by atoms with Crippen LogP contribution in [0.15, 0.2) is 12.4 Å². The van der Waals surface area contributed by atoms with E-state index < -0.39 is 0 Å². The Morgan fingerprint density at radius 2 is 2.21 bits per heavy atom. The molecule has 1 aliphatic heterocycles. The topological polar surface area (TPSA) is 61.3 Å². The third-order valence-electron chi connectivity index (χ3n) is 3.55. The summed E-state index contributed by atoms with van der Waals surface area (Å²) < 4.78 is 0. The van der Waals surface area contributed by atoms with Gasteiger partial charge in [-0.05, 0) is 31.7 Å². The van der Waals surface area contributed by atoms with Crippen LogP contribution in [0.5, 0.6) is 0 Å². The van der Waals surface area contributed by atoms with Crippen LogP contribution in [0, 0.1) is 5.92 Å². The second-order valence-electron chi connectivity index (χ2n) is 5.18. The minimum atomic E-state index is 0.279. The maximum absolute atomic E-state index is 8.97. The molecule has 1 aromatic heterocycles. The molecule has 0 spiro atoms. The van der Waals surface area contributed by atoms with E-state index in [1.807, 2.05) is 12.4 Å². The normalized spacial score (nSPS) is 19.1. The average Bonchev–Trinajstić information content (AvgIpc) is 2.89. The number of aromatic nitrogens is 2. The van der Waals surface area contributed by atoms with Crippen molar-refractivity contribution < 1.29 is 5.11 Å². The zero-order valence-corrected chi connectivity index (χ0v) is 11.7. The van der Waals surface area contributed by atoms with E-state index in [4.69, 9.17) is 5.11 Å². The lowest BCUT2D eigenvalue weighted by molar-refractivity contribution is 0.263. The van der Waals surface area contributed by atoms with Crippen molar-refractivity contribution in [3.8, 4) is 0 Å². The Labute approximate surface area is 115 Å². The summed E-state index contributed by atoms with van der Waals surface area (Å²) in [7, 11) is 0. The van der Waals surface area contributed by atoms with Crippen molar-refractivity contribution in [2.75, 3.05) is 31.1 Å². The summed E-state index contributed by atoms with van der Waals surface area (Å²) in [6, 6.07) is 0. The first kappa shape index (κ1) is 14.2. The van der Waals surface area contributed by atoms with Gasteiger partial charge in [0, 0.05) is 44.2 Å². The Kier molecular flexibility index (Phi) is 5.54. The van der Waals surface area contributed by atoms with Gasteiger partial charge in [-0.15, -0.1) is 0 Å². The lowest BCUT2D eigenvalue weighted by atomic mass is 10.1. The van der Waals surface area contributed by atoms with Gasteiger partial charge in [0.05, 0.1) is 0 Å². The second-order valence-corrected chi connectivity index (χ2v) is 5.18. The standard InChI is InChI=1S/C14H24N4O/c1-2-5-15-8-13-9-16-14(17-10-13)18-6-3-12(11-18)4-7-19/h9-10,12,15,19H,2-8,11H2,1H3. The number of aliphatic hydroxyl groups excluding tert-OH is 1. The first-order valence-corrected chi connectivity index (χ1v) is 7.21. The molecule has 106 valence electrons. The molecular weight excluding hydrogens is 240 g/mol. The van der Waals surface area contributed by atoms with Gasteiger partial charge in [0.15, 0.2) is 0 Å². The largest absolute Gasteiger partial charge is 0.396 e. The molecule has 2 rings (SSSR count). The molecule has 0 radical (unpaired) electrons. The molecule has 5 heteroatoms. The van der Waals surface area contributed by atoms with Gasteiger partial charge in [0.25, 0.3) is 0 Å². The number of hydrogen-bond donors (Lipinski definition) is 2. The number of aliphatic hydroxyl groups is 1. The van der Waals surface area contributed by atoms with Crippen molar-refractivity contribution in [2.45, 2.75) is 32.7 Å². The number of anilines is 1. The molecule has 1 saturated heterocycles. The van der Waals surface area contributed by atoms with Crippen LogP contribution in [0.4, 0.5) is 5.95 Å². The van der Waals surface area contributed by atoms with Crippen molar-refractivity contribution in [1.29, 1.82) is 0 Å². The molecule has 0 aromatic carbocycles. The van der Waals surface area contributed by atoms with Gasteiger partial charge in [-0.3, -0.25) is 0 Å². The number of hydrogen-bond acceptors (Lipinski definition) is 5. The van der Waals surface area contributed by atoms with E-state index in [1.54, 1.807) is 0 Å². The van der Waals surface area contributed by atoms with Gasteiger partial charge in [-0.25, -0.2) is 9.97 Å². The first-order valence-electron chi connectivity index (χ1n) is 7.21. The van der Waals surface area contributed by atoms with E-state index in [0.717, 1.165) is 57.0 Å². The molecule has 1 fully saturated rings. The first-order chi connectivity index (χ1) is 9.33. The summed E-state index contributed by atoms with van der Waals surface area (Å²) in [5, 5.41) is 12.3. The monoisotopic (exact) mass is 264 g/mol. The summed E-state index contributed by atoms with van der Waals surface area (Å²) >= 11 is 0. The Balaban J connectivity index is 1.85. The summed E-state index contributed by atoms with van der Waals surface area (Å²) in [5.74, 6) is 1.40. The van der Waals surface area contributed by atoms with Crippen molar-refractivity contribution in [2.24, 2.45) is 5.92 Å². The fraction of sp³-hybridized carbons (Fsp3) is 0.714.